The van der Waals surface area contributed by atoms with Crippen molar-refractivity contribution in [3.05, 3.63) is 181 Å². The molecule has 4 aromatic heterocycles. The number of rotatable bonds is 5. The molecule has 4 heterocycles. The fraction of sp³-hybridized carbons (Fsp3) is 0.0385. The molecule has 0 radical (unpaired) electrons. The Kier molecular flexibility index (Phi) is 7.10. The molecular weight excluding hydrogens is 715 g/mol. The monoisotopic (exact) mass is 747 g/mol. The van der Waals surface area contributed by atoms with E-state index in [4.69, 9.17) is 18.8 Å². The number of aromatic hydroxyl groups is 1. The van der Waals surface area contributed by atoms with Crippen molar-refractivity contribution in [2.24, 2.45) is 0 Å². The van der Waals surface area contributed by atoms with Crippen LogP contribution in [0.4, 0.5) is 0 Å². The molecule has 0 spiro atoms. The van der Waals surface area contributed by atoms with Crippen molar-refractivity contribution in [3.63, 3.8) is 0 Å². The van der Waals surface area contributed by atoms with Crippen molar-refractivity contribution >= 4 is 43.9 Å². The number of furan rings is 2. The molecule has 0 bridgehead atoms. The zero-order chi connectivity index (χ0) is 38.3. The topological polar surface area (TPSA) is 77.2 Å². The number of aryl methyl sites for hydroxylation is 1. The van der Waals surface area contributed by atoms with E-state index in [0.29, 0.717) is 5.69 Å². The first kappa shape index (κ1) is 32.5. The summed E-state index contributed by atoms with van der Waals surface area (Å²) in [5, 5.41) is 15.6. The van der Waals surface area contributed by atoms with E-state index in [1.165, 1.54) is 0 Å². The molecule has 0 amide bonds. The Labute approximate surface area is 332 Å². The molecule has 0 saturated carbocycles. The Morgan fingerprint density at radius 1 is 0.500 bits per heavy atom. The van der Waals surface area contributed by atoms with E-state index in [2.05, 4.69) is 108 Å². The van der Waals surface area contributed by atoms with Crippen LogP contribution in [-0.4, -0.2) is 19.6 Å². The maximum absolute atomic E-state index is 11.4. The summed E-state index contributed by atoms with van der Waals surface area (Å²) in [7, 11) is 0. The van der Waals surface area contributed by atoms with Crippen LogP contribution in [-0.2, 0) is 12.8 Å². The fourth-order valence-corrected chi connectivity index (χ4v) is 8.94. The number of pyridine rings is 1. The second-order valence-electron chi connectivity index (χ2n) is 15.0. The highest BCUT2D eigenvalue weighted by atomic mass is 16.3. The summed E-state index contributed by atoms with van der Waals surface area (Å²) in [4.78, 5) is 10.9. The van der Waals surface area contributed by atoms with Crippen LogP contribution in [0.5, 0.6) is 5.75 Å². The Morgan fingerprint density at radius 2 is 1.21 bits per heavy atom. The van der Waals surface area contributed by atoms with Gasteiger partial charge in [-0.05, 0) is 107 Å². The van der Waals surface area contributed by atoms with E-state index in [1.807, 2.05) is 60.7 Å². The number of imidazole rings is 1. The highest BCUT2D eigenvalue weighted by Gasteiger charge is 2.27. The molecule has 12 rings (SSSR count). The SMILES string of the molecule is Oc1cccc2c1-c1nc(-c3cn(-c4ccccc4)c(-c4cccc5oc6ccc(-c7ccccc7)cc6c45)n3)cc(-c3ccc4oc5ccccc5c4c3)c1CC2. The average Bonchev–Trinajstić information content (AvgIpc) is 4.00. The number of hydrogen-bond donors (Lipinski definition) is 1. The number of para-hydroxylation sites is 2. The van der Waals surface area contributed by atoms with Gasteiger partial charge in [0.25, 0.3) is 0 Å². The van der Waals surface area contributed by atoms with E-state index in [9.17, 15) is 5.11 Å². The molecule has 6 nitrogen and oxygen atoms in total. The molecule has 11 aromatic rings. The summed E-state index contributed by atoms with van der Waals surface area (Å²) in [6.45, 7) is 0. The van der Waals surface area contributed by atoms with Crippen LogP contribution in [0.25, 0.3) is 106 Å². The minimum absolute atomic E-state index is 0.231. The lowest BCUT2D eigenvalue weighted by Gasteiger charge is -2.23. The lowest BCUT2D eigenvalue weighted by molar-refractivity contribution is 0.476. The number of phenols is 1. The van der Waals surface area contributed by atoms with Crippen molar-refractivity contribution in [1.29, 1.82) is 0 Å². The zero-order valence-electron chi connectivity index (χ0n) is 31.2. The highest BCUT2D eigenvalue weighted by Crippen LogP contribution is 2.45. The van der Waals surface area contributed by atoms with E-state index in [-0.39, 0.29) is 5.75 Å². The Hall–Kier alpha value is -7.70. The van der Waals surface area contributed by atoms with Crippen LogP contribution < -0.4 is 0 Å². The van der Waals surface area contributed by atoms with Crippen LogP contribution in [0.1, 0.15) is 11.1 Å². The number of nitrogens with zero attached hydrogens (tertiary/aromatic N) is 3. The molecule has 1 N–H and O–H groups in total. The van der Waals surface area contributed by atoms with Crippen LogP contribution in [0.2, 0.25) is 0 Å². The van der Waals surface area contributed by atoms with E-state index in [0.717, 1.165) is 124 Å². The number of phenolic OH excluding ortho intramolecular Hbond substituents is 1. The largest absolute Gasteiger partial charge is 0.507 e. The van der Waals surface area contributed by atoms with Gasteiger partial charge in [0.1, 0.15) is 39.6 Å². The fourth-order valence-electron chi connectivity index (χ4n) is 8.94. The molecular formula is C52H33N3O3. The molecule has 274 valence electrons. The number of aromatic nitrogens is 3. The van der Waals surface area contributed by atoms with Crippen LogP contribution in [0, 0.1) is 0 Å². The second-order valence-corrected chi connectivity index (χ2v) is 15.0. The van der Waals surface area contributed by atoms with Crippen molar-refractivity contribution < 1.29 is 13.9 Å². The molecule has 58 heavy (non-hydrogen) atoms. The van der Waals surface area contributed by atoms with Gasteiger partial charge in [-0.25, -0.2) is 9.97 Å². The van der Waals surface area contributed by atoms with Gasteiger partial charge in [-0.2, -0.15) is 0 Å². The lowest BCUT2D eigenvalue weighted by atomic mass is 9.84. The van der Waals surface area contributed by atoms with Gasteiger partial charge in [0.05, 0.1) is 11.4 Å². The van der Waals surface area contributed by atoms with Gasteiger partial charge >= 0.3 is 0 Å². The number of hydrogen-bond acceptors (Lipinski definition) is 5. The standard InChI is InChI=1S/C52H33N3O3/c56-44-18-9-13-32-21-24-37-39(34-23-26-46-40(28-34)36-16-7-8-19-45(36)57-46)29-42(53-51(37)49(32)44)43-30-55(35-14-5-2-6-15-35)52(54-43)38-17-10-20-48-50(38)41-27-33(22-25-47(41)58-48)31-11-3-1-4-12-31/h1-20,22-23,25-30,56H,21,24H2. The lowest BCUT2D eigenvalue weighted by Crippen LogP contribution is -2.09. The average molecular weight is 748 g/mol. The maximum atomic E-state index is 11.4. The first-order valence-electron chi connectivity index (χ1n) is 19.6. The quantitative estimate of drug-likeness (QED) is 0.190. The minimum atomic E-state index is 0.231. The van der Waals surface area contributed by atoms with Gasteiger partial charge in [0.15, 0.2) is 0 Å². The summed E-state index contributed by atoms with van der Waals surface area (Å²) in [6.07, 6.45) is 3.69. The van der Waals surface area contributed by atoms with Crippen LogP contribution in [0.15, 0.2) is 179 Å². The molecule has 6 heteroatoms. The van der Waals surface area contributed by atoms with Crippen molar-refractivity contribution in [1.82, 2.24) is 14.5 Å². The highest BCUT2D eigenvalue weighted by molar-refractivity contribution is 6.13. The summed E-state index contributed by atoms with van der Waals surface area (Å²) in [5.41, 5.74) is 14.8. The van der Waals surface area contributed by atoms with Gasteiger partial charge in [-0.3, -0.25) is 4.57 Å². The second kappa shape index (κ2) is 12.7. The summed E-state index contributed by atoms with van der Waals surface area (Å²) >= 11 is 0. The van der Waals surface area contributed by atoms with Crippen LogP contribution >= 0.6 is 0 Å². The molecule has 1 aliphatic carbocycles. The van der Waals surface area contributed by atoms with Gasteiger partial charge < -0.3 is 13.9 Å². The summed E-state index contributed by atoms with van der Waals surface area (Å²) in [6, 6.07) is 55.9. The zero-order valence-corrected chi connectivity index (χ0v) is 31.2. The first-order valence-corrected chi connectivity index (χ1v) is 19.6. The molecule has 0 unspecified atom stereocenters. The minimum Gasteiger partial charge on any atom is -0.507 e. The first-order chi connectivity index (χ1) is 28.6. The van der Waals surface area contributed by atoms with Crippen LogP contribution in [0.3, 0.4) is 0 Å². The van der Waals surface area contributed by atoms with Crippen molar-refractivity contribution in [2.45, 2.75) is 12.8 Å². The molecule has 0 aliphatic heterocycles. The van der Waals surface area contributed by atoms with E-state index >= 15 is 0 Å². The maximum Gasteiger partial charge on any atom is 0.146 e. The third kappa shape index (κ3) is 5.05. The van der Waals surface area contributed by atoms with Crippen molar-refractivity contribution in [2.75, 3.05) is 0 Å². The third-order valence-electron chi connectivity index (χ3n) is 11.7. The number of fused-ring (bicyclic) bond motifs is 9. The Bertz CT molecular complexity index is 3410. The molecule has 7 aromatic carbocycles. The molecule has 1 aliphatic rings. The smallest absolute Gasteiger partial charge is 0.146 e. The van der Waals surface area contributed by atoms with E-state index in [1.54, 1.807) is 6.07 Å². The summed E-state index contributed by atoms with van der Waals surface area (Å²) in [5.74, 6) is 1.00. The van der Waals surface area contributed by atoms with Crippen molar-refractivity contribution in [3.8, 4) is 67.7 Å². The Morgan fingerprint density at radius 3 is 2.09 bits per heavy atom. The van der Waals surface area contributed by atoms with Gasteiger partial charge in [-0.15, -0.1) is 0 Å². The Balaban J connectivity index is 1.11. The number of benzene rings is 7. The molecule has 0 saturated heterocycles. The van der Waals surface area contributed by atoms with Gasteiger partial charge in [0, 0.05) is 44.6 Å². The predicted octanol–water partition coefficient (Wildman–Crippen LogP) is 13.2. The third-order valence-corrected chi connectivity index (χ3v) is 11.7. The predicted molar refractivity (Wildman–Crippen MR) is 232 cm³/mol. The normalized spacial score (nSPS) is 12.4. The molecule has 0 atom stereocenters. The summed E-state index contributed by atoms with van der Waals surface area (Å²) < 4.78 is 14.9. The van der Waals surface area contributed by atoms with Gasteiger partial charge in [0.2, 0.25) is 0 Å². The van der Waals surface area contributed by atoms with E-state index < -0.39 is 0 Å². The molecule has 0 fully saturated rings. The van der Waals surface area contributed by atoms with Gasteiger partial charge in [-0.1, -0.05) is 103 Å².